The van der Waals surface area contributed by atoms with Crippen LogP contribution in [0.2, 0.25) is 0 Å². The first-order valence-corrected chi connectivity index (χ1v) is 9.41. The molecule has 1 aliphatic heterocycles. The number of hydrogen-bond donors (Lipinski definition) is 1. The van der Waals surface area contributed by atoms with Crippen LogP contribution in [0, 0.1) is 5.92 Å². The standard InChI is InChI=1S/C18H22N4O4S/c1-10(2)17-20-21-18(27-17)19-16(24)11-7-15(23)22(9-11)13-6-5-12(25-3)8-14(13)26-4/h5-6,8,10-11H,7,9H2,1-4H3,(H,19,21,24)/t11-/m0/s1. The molecule has 3 rings (SSSR count). The summed E-state index contributed by atoms with van der Waals surface area (Å²) in [5.41, 5.74) is 0.622. The van der Waals surface area contributed by atoms with Gasteiger partial charge < -0.3 is 19.7 Å². The summed E-state index contributed by atoms with van der Waals surface area (Å²) in [5.74, 6) is 0.585. The Morgan fingerprint density at radius 2 is 2.07 bits per heavy atom. The van der Waals surface area contributed by atoms with E-state index < -0.39 is 5.92 Å². The molecule has 2 amide bonds. The van der Waals surface area contributed by atoms with Gasteiger partial charge in [-0.15, -0.1) is 10.2 Å². The maximum absolute atomic E-state index is 12.6. The quantitative estimate of drug-likeness (QED) is 0.815. The predicted octanol–water partition coefficient (Wildman–Crippen LogP) is 2.67. The molecule has 0 spiro atoms. The third-order valence-electron chi connectivity index (χ3n) is 4.34. The second kappa shape index (κ2) is 7.91. The van der Waals surface area contributed by atoms with E-state index in [1.165, 1.54) is 18.4 Å². The molecule has 0 aliphatic carbocycles. The summed E-state index contributed by atoms with van der Waals surface area (Å²) in [6.07, 6.45) is 0.136. The van der Waals surface area contributed by atoms with E-state index in [-0.39, 0.29) is 30.7 Å². The van der Waals surface area contributed by atoms with Crippen LogP contribution in [0.4, 0.5) is 10.8 Å². The molecule has 9 heteroatoms. The molecular weight excluding hydrogens is 368 g/mol. The van der Waals surface area contributed by atoms with Crippen molar-refractivity contribution in [1.82, 2.24) is 10.2 Å². The molecule has 0 saturated carbocycles. The highest BCUT2D eigenvalue weighted by Crippen LogP contribution is 2.36. The van der Waals surface area contributed by atoms with E-state index in [9.17, 15) is 9.59 Å². The molecule has 0 radical (unpaired) electrons. The van der Waals surface area contributed by atoms with Crippen molar-refractivity contribution in [3.8, 4) is 11.5 Å². The molecule has 144 valence electrons. The first-order valence-electron chi connectivity index (χ1n) is 8.59. The van der Waals surface area contributed by atoms with Crippen LogP contribution < -0.4 is 19.7 Å². The second-order valence-electron chi connectivity index (χ2n) is 6.53. The van der Waals surface area contributed by atoms with Crippen molar-refractivity contribution >= 4 is 34.0 Å². The maximum Gasteiger partial charge on any atom is 0.231 e. The summed E-state index contributed by atoms with van der Waals surface area (Å²) >= 11 is 1.35. The van der Waals surface area contributed by atoms with Crippen LogP contribution in [-0.4, -0.2) is 42.8 Å². The fraction of sp³-hybridized carbons (Fsp3) is 0.444. The first kappa shape index (κ1) is 19.1. The topological polar surface area (TPSA) is 93.6 Å². The van der Waals surface area contributed by atoms with Gasteiger partial charge in [0.2, 0.25) is 16.9 Å². The minimum atomic E-state index is -0.462. The summed E-state index contributed by atoms with van der Waals surface area (Å²) in [5, 5.41) is 12.1. The van der Waals surface area contributed by atoms with Gasteiger partial charge in [0.15, 0.2) is 0 Å². The van der Waals surface area contributed by atoms with Gasteiger partial charge in [-0.2, -0.15) is 0 Å². The number of methoxy groups -OCH3 is 2. The molecule has 1 atom stereocenters. The Labute approximate surface area is 161 Å². The lowest BCUT2D eigenvalue weighted by molar-refractivity contribution is -0.122. The van der Waals surface area contributed by atoms with E-state index in [2.05, 4.69) is 15.5 Å². The van der Waals surface area contributed by atoms with Gasteiger partial charge in [0, 0.05) is 24.9 Å². The molecule has 1 aromatic heterocycles. The lowest BCUT2D eigenvalue weighted by atomic mass is 10.1. The van der Waals surface area contributed by atoms with Crippen LogP contribution >= 0.6 is 11.3 Å². The fourth-order valence-electron chi connectivity index (χ4n) is 2.85. The summed E-state index contributed by atoms with van der Waals surface area (Å²) in [7, 11) is 3.10. The van der Waals surface area contributed by atoms with E-state index in [1.807, 2.05) is 13.8 Å². The van der Waals surface area contributed by atoms with Gasteiger partial charge >= 0.3 is 0 Å². The Hall–Kier alpha value is -2.68. The maximum atomic E-state index is 12.6. The Bertz CT molecular complexity index is 852. The number of ether oxygens (including phenoxy) is 2. The number of carbonyl (C=O) groups is 2. The van der Waals surface area contributed by atoms with E-state index in [4.69, 9.17) is 9.47 Å². The number of amides is 2. The van der Waals surface area contributed by atoms with Crippen molar-refractivity contribution in [2.75, 3.05) is 31.0 Å². The zero-order valence-corrected chi connectivity index (χ0v) is 16.5. The highest BCUT2D eigenvalue weighted by Gasteiger charge is 2.36. The number of hydrogen-bond acceptors (Lipinski definition) is 7. The number of rotatable bonds is 6. The summed E-state index contributed by atoms with van der Waals surface area (Å²) < 4.78 is 10.6. The largest absolute Gasteiger partial charge is 0.497 e. The molecule has 0 unspecified atom stereocenters. The predicted molar refractivity (Wildman–Crippen MR) is 103 cm³/mol. The van der Waals surface area contributed by atoms with Crippen LogP contribution in [0.1, 0.15) is 31.2 Å². The zero-order chi connectivity index (χ0) is 19.6. The van der Waals surface area contributed by atoms with Crippen LogP contribution in [0.5, 0.6) is 11.5 Å². The molecule has 1 aromatic carbocycles. The molecule has 1 fully saturated rings. The van der Waals surface area contributed by atoms with Crippen molar-refractivity contribution in [2.45, 2.75) is 26.2 Å². The van der Waals surface area contributed by atoms with Gasteiger partial charge in [0.05, 0.1) is 25.8 Å². The average Bonchev–Trinajstić information content (AvgIpc) is 3.28. The lowest BCUT2D eigenvalue weighted by Gasteiger charge is -2.20. The third-order valence-corrected chi connectivity index (χ3v) is 5.48. The van der Waals surface area contributed by atoms with Gasteiger partial charge in [-0.25, -0.2) is 0 Å². The second-order valence-corrected chi connectivity index (χ2v) is 7.54. The summed E-state index contributed by atoms with van der Waals surface area (Å²) in [4.78, 5) is 26.6. The SMILES string of the molecule is COc1ccc(N2C[C@@H](C(=O)Nc3nnc(C(C)C)s3)CC2=O)c(OC)c1. The molecule has 2 heterocycles. The van der Waals surface area contributed by atoms with Crippen molar-refractivity contribution < 1.29 is 19.1 Å². The fourth-order valence-corrected chi connectivity index (χ4v) is 3.60. The highest BCUT2D eigenvalue weighted by atomic mass is 32.1. The summed E-state index contributed by atoms with van der Waals surface area (Å²) in [6, 6.07) is 5.23. The zero-order valence-electron chi connectivity index (χ0n) is 15.7. The number of nitrogens with one attached hydrogen (secondary N) is 1. The molecule has 27 heavy (non-hydrogen) atoms. The molecule has 1 aliphatic rings. The van der Waals surface area contributed by atoms with Crippen LogP contribution in [0.15, 0.2) is 18.2 Å². The lowest BCUT2D eigenvalue weighted by Crippen LogP contribution is -2.28. The Morgan fingerprint density at radius 1 is 1.30 bits per heavy atom. The molecule has 1 N–H and O–H groups in total. The monoisotopic (exact) mass is 390 g/mol. The van der Waals surface area contributed by atoms with Crippen LogP contribution in [-0.2, 0) is 9.59 Å². The number of benzene rings is 1. The Balaban J connectivity index is 1.72. The third kappa shape index (κ3) is 4.02. The molecule has 1 saturated heterocycles. The van der Waals surface area contributed by atoms with Gasteiger partial charge in [-0.05, 0) is 12.1 Å². The van der Waals surface area contributed by atoms with E-state index in [1.54, 1.807) is 30.2 Å². The number of carbonyl (C=O) groups excluding carboxylic acids is 2. The Kier molecular flexibility index (Phi) is 5.59. The number of aromatic nitrogens is 2. The van der Waals surface area contributed by atoms with Crippen LogP contribution in [0.25, 0.3) is 0 Å². The molecule has 2 aromatic rings. The number of nitrogens with zero attached hydrogens (tertiary/aromatic N) is 3. The smallest absolute Gasteiger partial charge is 0.231 e. The molecule has 8 nitrogen and oxygen atoms in total. The average molecular weight is 390 g/mol. The van der Waals surface area contributed by atoms with Crippen molar-refractivity contribution in [3.63, 3.8) is 0 Å². The van der Waals surface area contributed by atoms with Crippen molar-refractivity contribution in [2.24, 2.45) is 5.92 Å². The molecule has 0 bridgehead atoms. The molecular formula is C18H22N4O4S. The first-order chi connectivity index (χ1) is 12.9. The van der Waals surface area contributed by atoms with Crippen LogP contribution in [0.3, 0.4) is 0 Å². The minimum absolute atomic E-state index is 0.126. The van der Waals surface area contributed by atoms with Gasteiger partial charge in [-0.1, -0.05) is 25.2 Å². The van der Waals surface area contributed by atoms with E-state index >= 15 is 0 Å². The normalized spacial score (nSPS) is 16.7. The highest BCUT2D eigenvalue weighted by molar-refractivity contribution is 7.15. The van der Waals surface area contributed by atoms with E-state index in [0.717, 1.165) is 5.01 Å². The minimum Gasteiger partial charge on any atom is -0.497 e. The number of anilines is 2. The van der Waals surface area contributed by atoms with Gasteiger partial charge in [0.25, 0.3) is 0 Å². The van der Waals surface area contributed by atoms with Gasteiger partial charge in [-0.3, -0.25) is 9.59 Å². The van der Waals surface area contributed by atoms with E-state index in [0.29, 0.717) is 22.3 Å². The Morgan fingerprint density at radius 3 is 2.70 bits per heavy atom. The van der Waals surface area contributed by atoms with Gasteiger partial charge in [0.1, 0.15) is 16.5 Å². The van der Waals surface area contributed by atoms with Crippen molar-refractivity contribution in [1.29, 1.82) is 0 Å². The summed E-state index contributed by atoms with van der Waals surface area (Å²) in [6.45, 7) is 4.31. The van der Waals surface area contributed by atoms with Crippen molar-refractivity contribution in [3.05, 3.63) is 23.2 Å².